The Morgan fingerprint density at radius 1 is 0.750 bits per heavy atom. The van der Waals surface area contributed by atoms with E-state index in [0.29, 0.717) is 19.8 Å². The quantitative estimate of drug-likeness (QED) is 0.534. The zero-order valence-corrected chi connectivity index (χ0v) is 16.4. The van der Waals surface area contributed by atoms with Crippen LogP contribution in [0.15, 0.2) is 72.8 Å². The van der Waals surface area contributed by atoms with Gasteiger partial charge in [0.25, 0.3) is 0 Å². The molecule has 3 aromatic rings. The third-order valence-electron chi connectivity index (χ3n) is 5.51. The topological polar surface area (TPSA) is 21.7 Å². The number of ether oxygens (including phenoxy) is 2. The molecule has 1 fully saturated rings. The normalized spacial score (nSPS) is 16.1. The first-order chi connectivity index (χ1) is 13.9. The summed E-state index contributed by atoms with van der Waals surface area (Å²) in [5.41, 5.74) is 1.22. The summed E-state index contributed by atoms with van der Waals surface area (Å²) >= 11 is 0. The maximum atomic E-state index is 6.32. The molecule has 146 valence electrons. The summed E-state index contributed by atoms with van der Waals surface area (Å²) in [4.78, 5) is 2.54. The minimum Gasteiger partial charge on any atom is -0.491 e. The Balaban J connectivity index is 1.41. The summed E-state index contributed by atoms with van der Waals surface area (Å²) in [6.07, 6.45) is 3.87. The van der Waals surface area contributed by atoms with Crippen LogP contribution in [0.25, 0.3) is 10.8 Å². The minimum absolute atomic E-state index is 0.281. The van der Waals surface area contributed by atoms with Crippen LogP contribution in [-0.2, 0) is 11.3 Å². The van der Waals surface area contributed by atoms with Gasteiger partial charge in [0, 0.05) is 5.39 Å². The van der Waals surface area contributed by atoms with Crippen molar-refractivity contribution in [2.75, 3.05) is 26.3 Å². The van der Waals surface area contributed by atoms with Gasteiger partial charge < -0.3 is 9.47 Å². The van der Waals surface area contributed by atoms with Crippen LogP contribution in [-0.4, -0.2) is 37.2 Å². The van der Waals surface area contributed by atoms with E-state index in [9.17, 15) is 0 Å². The second-order valence-electron chi connectivity index (χ2n) is 7.54. The molecule has 1 aliphatic rings. The van der Waals surface area contributed by atoms with Gasteiger partial charge in [0.2, 0.25) is 0 Å². The van der Waals surface area contributed by atoms with E-state index in [1.165, 1.54) is 35.6 Å². The Labute approximate surface area is 167 Å². The Bertz CT molecular complexity index is 853. The highest BCUT2D eigenvalue weighted by molar-refractivity contribution is 5.88. The summed E-state index contributed by atoms with van der Waals surface area (Å²) in [7, 11) is 0. The molecule has 0 aromatic heterocycles. The monoisotopic (exact) mass is 375 g/mol. The molecule has 28 heavy (non-hydrogen) atoms. The second kappa shape index (κ2) is 9.72. The maximum Gasteiger partial charge on any atom is 0.127 e. The first-order valence-corrected chi connectivity index (χ1v) is 10.4. The summed E-state index contributed by atoms with van der Waals surface area (Å²) in [5, 5.41) is 2.39. The van der Waals surface area contributed by atoms with E-state index in [1.54, 1.807) is 0 Å². The minimum atomic E-state index is 0.281. The fourth-order valence-corrected chi connectivity index (χ4v) is 3.94. The smallest absolute Gasteiger partial charge is 0.127 e. The number of piperidine rings is 1. The van der Waals surface area contributed by atoms with Crippen LogP contribution in [0, 0.1) is 0 Å². The second-order valence-corrected chi connectivity index (χ2v) is 7.54. The Morgan fingerprint density at radius 3 is 2.36 bits per heavy atom. The number of rotatable bonds is 8. The molecule has 0 amide bonds. The number of benzene rings is 3. The highest BCUT2D eigenvalue weighted by atomic mass is 16.5. The SMILES string of the molecule is c1ccc(COCC(COc2cccc3ccccc23)N2CCCCC2)cc1. The summed E-state index contributed by atoms with van der Waals surface area (Å²) in [6, 6.07) is 25.3. The van der Waals surface area contributed by atoms with Gasteiger partial charge in [-0.1, -0.05) is 73.2 Å². The van der Waals surface area contributed by atoms with Gasteiger partial charge in [-0.3, -0.25) is 4.90 Å². The lowest BCUT2D eigenvalue weighted by Crippen LogP contribution is -2.45. The fraction of sp³-hybridized carbons (Fsp3) is 0.360. The van der Waals surface area contributed by atoms with Gasteiger partial charge in [-0.25, -0.2) is 0 Å². The largest absolute Gasteiger partial charge is 0.491 e. The average Bonchev–Trinajstić information content (AvgIpc) is 2.77. The summed E-state index contributed by atoms with van der Waals surface area (Å²) < 4.78 is 12.4. The van der Waals surface area contributed by atoms with Crippen LogP contribution in [0.1, 0.15) is 24.8 Å². The van der Waals surface area contributed by atoms with Gasteiger partial charge >= 0.3 is 0 Å². The third kappa shape index (κ3) is 4.92. The van der Waals surface area contributed by atoms with E-state index >= 15 is 0 Å². The zero-order valence-electron chi connectivity index (χ0n) is 16.4. The van der Waals surface area contributed by atoms with E-state index < -0.39 is 0 Å². The molecule has 1 atom stereocenters. The molecule has 1 aliphatic heterocycles. The van der Waals surface area contributed by atoms with Crippen molar-refractivity contribution in [3.05, 3.63) is 78.4 Å². The van der Waals surface area contributed by atoms with Crippen molar-refractivity contribution in [1.82, 2.24) is 4.90 Å². The lowest BCUT2D eigenvalue weighted by molar-refractivity contribution is 0.0217. The van der Waals surface area contributed by atoms with Crippen LogP contribution < -0.4 is 4.74 Å². The molecule has 3 heteroatoms. The van der Waals surface area contributed by atoms with Crippen LogP contribution >= 0.6 is 0 Å². The Hall–Kier alpha value is -2.36. The molecule has 4 rings (SSSR count). The van der Waals surface area contributed by atoms with E-state index in [-0.39, 0.29) is 6.04 Å². The highest BCUT2D eigenvalue weighted by Crippen LogP contribution is 2.25. The van der Waals surface area contributed by atoms with Gasteiger partial charge in [0.15, 0.2) is 0 Å². The number of nitrogens with zero attached hydrogens (tertiary/aromatic N) is 1. The molecule has 1 unspecified atom stereocenters. The van der Waals surface area contributed by atoms with Crippen molar-refractivity contribution in [3.8, 4) is 5.75 Å². The van der Waals surface area contributed by atoms with Gasteiger partial charge in [-0.2, -0.15) is 0 Å². The molecule has 0 saturated carbocycles. The van der Waals surface area contributed by atoms with Gasteiger partial charge in [0.05, 0.1) is 19.3 Å². The standard InChI is InChI=1S/C25H29NO2/c1-3-10-21(11-4-1)18-27-19-23(26-16-7-2-8-17-26)20-28-25-15-9-13-22-12-5-6-14-24(22)25/h1,3-6,9-15,23H,2,7-8,16-20H2. The van der Waals surface area contributed by atoms with Crippen molar-refractivity contribution < 1.29 is 9.47 Å². The van der Waals surface area contributed by atoms with Gasteiger partial charge in [-0.05, 0) is 42.9 Å². The fourth-order valence-electron chi connectivity index (χ4n) is 3.94. The predicted octanol–water partition coefficient (Wildman–Crippen LogP) is 5.29. The third-order valence-corrected chi connectivity index (χ3v) is 5.51. The molecule has 0 bridgehead atoms. The zero-order chi connectivity index (χ0) is 19.0. The summed E-state index contributed by atoms with van der Waals surface area (Å²) in [5.74, 6) is 0.961. The molecule has 0 aliphatic carbocycles. The van der Waals surface area contributed by atoms with E-state index in [4.69, 9.17) is 9.47 Å². The number of fused-ring (bicyclic) bond motifs is 1. The maximum absolute atomic E-state index is 6.32. The lowest BCUT2D eigenvalue weighted by Gasteiger charge is -2.34. The van der Waals surface area contributed by atoms with Gasteiger partial charge in [-0.15, -0.1) is 0 Å². The first-order valence-electron chi connectivity index (χ1n) is 10.4. The van der Waals surface area contributed by atoms with Crippen LogP contribution in [0.3, 0.4) is 0 Å². The van der Waals surface area contributed by atoms with Crippen molar-refractivity contribution in [1.29, 1.82) is 0 Å². The van der Waals surface area contributed by atoms with E-state index in [2.05, 4.69) is 71.6 Å². The van der Waals surface area contributed by atoms with Gasteiger partial charge in [0.1, 0.15) is 12.4 Å². The first kappa shape index (κ1) is 19.0. The molecule has 0 spiro atoms. The molecule has 0 radical (unpaired) electrons. The molecule has 1 saturated heterocycles. The van der Waals surface area contributed by atoms with E-state index in [0.717, 1.165) is 18.8 Å². The van der Waals surface area contributed by atoms with Crippen molar-refractivity contribution in [2.24, 2.45) is 0 Å². The lowest BCUT2D eigenvalue weighted by atomic mass is 10.1. The van der Waals surface area contributed by atoms with Crippen LogP contribution in [0.4, 0.5) is 0 Å². The molecule has 3 aromatic carbocycles. The van der Waals surface area contributed by atoms with Crippen molar-refractivity contribution in [3.63, 3.8) is 0 Å². The molecular weight excluding hydrogens is 346 g/mol. The summed E-state index contributed by atoms with van der Waals surface area (Å²) in [6.45, 7) is 4.28. The molecular formula is C25H29NO2. The number of hydrogen-bond donors (Lipinski definition) is 0. The number of hydrogen-bond acceptors (Lipinski definition) is 3. The van der Waals surface area contributed by atoms with Crippen molar-refractivity contribution in [2.45, 2.75) is 31.9 Å². The van der Waals surface area contributed by atoms with Crippen LogP contribution in [0.2, 0.25) is 0 Å². The van der Waals surface area contributed by atoms with E-state index in [1.807, 2.05) is 6.07 Å². The molecule has 1 heterocycles. The highest BCUT2D eigenvalue weighted by Gasteiger charge is 2.22. The number of likely N-dealkylation sites (tertiary alicyclic amines) is 1. The average molecular weight is 376 g/mol. The predicted molar refractivity (Wildman–Crippen MR) is 115 cm³/mol. The molecule has 0 N–H and O–H groups in total. The Morgan fingerprint density at radius 2 is 1.50 bits per heavy atom. The van der Waals surface area contributed by atoms with Crippen molar-refractivity contribution >= 4 is 10.8 Å². The Kier molecular flexibility index (Phi) is 6.59. The van der Waals surface area contributed by atoms with Crippen LogP contribution in [0.5, 0.6) is 5.75 Å². The molecule has 3 nitrogen and oxygen atoms in total.